The quantitative estimate of drug-likeness (QED) is 0.527. The Bertz CT molecular complexity index is 192. The van der Waals surface area contributed by atoms with Crippen LogP contribution in [-0.4, -0.2) is 22.5 Å². The lowest BCUT2D eigenvalue weighted by Gasteiger charge is -2.11. The van der Waals surface area contributed by atoms with Crippen LogP contribution in [-0.2, 0) is 10.1 Å². The third-order valence-electron chi connectivity index (χ3n) is 0.636. The molecule has 0 aromatic carbocycles. The van der Waals surface area contributed by atoms with Crippen LogP contribution < -0.4 is 0 Å². The maximum absolute atomic E-state index is 9.95. The van der Waals surface area contributed by atoms with Crippen LogP contribution in [0.3, 0.4) is 0 Å². The Kier molecular flexibility index (Phi) is 3.72. The van der Waals surface area contributed by atoms with E-state index in [9.17, 15) is 13.0 Å². The lowest BCUT2D eigenvalue weighted by molar-refractivity contribution is 0.461. The van der Waals surface area contributed by atoms with E-state index in [4.69, 9.17) is 34.8 Å². The first kappa shape index (κ1) is 10.8. The average molecular weight is 226 g/mol. The van der Waals surface area contributed by atoms with Gasteiger partial charge in [0.2, 0.25) is 0 Å². The fraction of sp³-hybridized carbons (Fsp3) is 1.00. The molecule has 0 radical (unpaired) electrons. The van der Waals surface area contributed by atoms with Gasteiger partial charge in [-0.1, -0.05) is 34.8 Å². The van der Waals surface area contributed by atoms with E-state index in [2.05, 4.69) is 0 Å². The Balaban J connectivity index is 3.79. The van der Waals surface area contributed by atoms with Gasteiger partial charge in [-0.2, -0.15) is 0 Å². The Morgan fingerprint density at radius 2 is 1.70 bits per heavy atom. The summed E-state index contributed by atoms with van der Waals surface area (Å²) in [7, 11) is -4.26. The van der Waals surface area contributed by atoms with Crippen LogP contribution in [0.1, 0.15) is 6.42 Å². The van der Waals surface area contributed by atoms with E-state index in [0.717, 1.165) is 0 Å². The molecule has 0 aliphatic heterocycles. The summed E-state index contributed by atoms with van der Waals surface area (Å²) in [5.74, 6) is -0.649. The Hall–Kier alpha value is 0.780. The van der Waals surface area contributed by atoms with Gasteiger partial charge in [-0.3, -0.25) is 0 Å². The zero-order valence-corrected chi connectivity index (χ0v) is 7.77. The molecule has 0 N–H and O–H groups in total. The van der Waals surface area contributed by atoms with Crippen LogP contribution in [0.15, 0.2) is 0 Å². The Labute approximate surface area is 74.0 Å². The SMILES string of the molecule is O=S(=O)([O-])CCC(Cl)(Cl)Cl. The monoisotopic (exact) mass is 225 g/mol. The smallest absolute Gasteiger partial charge is 0.191 e. The molecule has 62 valence electrons. The highest BCUT2D eigenvalue weighted by Crippen LogP contribution is 2.29. The molecule has 0 aliphatic carbocycles. The minimum atomic E-state index is -4.26. The maximum Gasteiger partial charge on any atom is 0.191 e. The highest BCUT2D eigenvalue weighted by Gasteiger charge is 2.19. The molecular formula is C3H4Cl3O3S-. The molecule has 0 heterocycles. The van der Waals surface area contributed by atoms with Gasteiger partial charge in [-0.05, 0) is 0 Å². The van der Waals surface area contributed by atoms with Gasteiger partial charge in [-0.15, -0.1) is 0 Å². The molecule has 0 saturated carbocycles. The van der Waals surface area contributed by atoms with Crippen molar-refractivity contribution in [2.75, 3.05) is 5.75 Å². The van der Waals surface area contributed by atoms with Gasteiger partial charge in [0, 0.05) is 12.2 Å². The molecule has 0 rings (SSSR count). The van der Waals surface area contributed by atoms with Gasteiger partial charge in [0.25, 0.3) is 0 Å². The lowest BCUT2D eigenvalue weighted by Crippen LogP contribution is -2.12. The zero-order chi connectivity index (χ0) is 8.41. The molecule has 0 aromatic heterocycles. The van der Waals surface area contributed by atoms with Crippen LogP contribution in [0.25, 0.3) is 0 Å². The van der Waals surface area contributed by atoms with Crippen molar-refractivity contribution in [3.8, 4) is 0 Å². The van der Waals surface area contributed by atoms with E-state index in [1.807, 2.05) is 0 Å². The number of halogens is 3. The topological polar surface area (TPSA) is 57.2 Å². The molecule has 0 aromatic rings. The molecule has 0 fully saturated rings. The molecule has 7 heteroatoms. The summed E-state index contributed by atoms with van der Waals surface area (Å²) >= 11 is 15.5. The van der Waals surface area contributed by atoms with Crippen molar-refractivity contribution in [3.63, 3.8) is 0 Å². The summed E-state index contributed by atoms with van der Waals surface area (Å²) in [5.41, 5.74) is 0. The minimum absolute atomic E-state index is 0.274. The largest absolute Gasteiger partial charge is 0.748 e. The second kappa shape index (κ2) is 3.45. The summed E-state index contributed by atoms with van der Waals surface area (Å²) in [4.78, 5) is 0. The van der Waals surface area contributed by atoms with Crippen LogP contribution in [0.2, 0.25) is 0 Å². The second-order valence-electron chi connectivity index (χ2n) is 1.63. The van der Waals surface area contributed by atoms with Gasteiger partial charge < -0.3 is 4.55 Å². The van der Waals surface area contributed by atoms with Crippen LogP contribution >= 0.6 is 34.8 Å². The summed E-state index contributed by atoms with van der Waals surface area (Å²) in [5, 5.41) is 0. The van der Waals surface area contributed by atoms with E-state index in [1.54, 1.807) is 0 Å². The first-order valence-electron chi connectivity index (χ1n) is 2.21. The summed E-state index contributed by atoms with van der Waals surface area (Å²) in [6, 6.07) is 0. The van der Waals surface area contributed by atoms with Gasteiger partial charge in [0.15, 0.2) is 3.79 Å². The highest BCUT2D eigenvalue weighted by molar-refractivity contribution is 7.85. The molecule has 0 unspecified atom stereocenters. The van der Waals surface area contributed by atoms with E-state index >= 15 is 0 Å². The number of hydrogen-bond acceptors (Lipinski definition) is 3. The minimum Gasteiger partial charge on any atom is -0.748 e. The van der Waals surface area contributed by atoms with Crippen molar-refractivity contribution in [2.24, 2.45) is 0 Å². The van der Waals surface area contributed by atoms with Crippen molar-refractivity contribution < 1.29 is 13.0 Å². The van der Waals surface area contributed by atoms with E-state index < -0.39 is 19.7 Å². The Morgan fingerprint density at radius 1 is 1.30 bits per heavy atom. The second-order valence-corrected chi connectivity index (χ2v) is 5.67. The third-order valence-corrected chi connectivity index (χ3v) is 1.91. The van der Waals surface area contributed by atoms with Crippen molar-refractivity contribution in [2.45, 2.75) is 10.2 Å². The van der Waals surface area contributed by atoms with E-state index in [0.29, 0.717) is 0 Å². The standard InChI is InChI=1S/C3H5Cl3O3S/c4-3(5,6)1-2-10(7,8)9/h1-2H2,(H,7,8,9)/p-1. The van der Waals surface area contributed by atoms with Gasteiger partial charge in [-0.25, -0.2) is 8.42 Å². The molecule has 0 aliphatic rings. The normalized spacial score (nSPS) is 13.6. The van der Waals surface area contributed by atoms with Crippen LogP contribution in [0.4, 0.5) is 0 Å². The predicted molar refractivity (Wildman–Crippen MR) is 39.5 cm³/mol. The fourth-order valence-electron chi connectivity index (χ4n) is 0.241. The van der Waals surface area contributed by atoms with Crippen molar-refractivity contribution in [1.29, 1.82) is 0 Å². The lowest BCUT2D eigenvalue weighted by atomic mass is 10.6. The van der Waals surface area contributed by atoms with E-state index in [-0.39, 0.29) is 6.42 Å². The van der Waals surface area contributed by atoms with Gasteiger partial charge in [0.1, 0.15) is 0 Å². The zero-order valence-electron chi connectivity index (χ0n) is 4.68. The molecule has 10 heavy (non-hydrogen) atoms. The van der Waals surface area contributed by atoms with Crippen LogP contribution in [0.5, 0.6) is 0 Å². The first-order chi connectivity index (χ1) is 4.21. The number of rotatable bonds is 2. The van der Waals surface area contributed by atoms with Gasteiger partial charge in [0.05, 0.1) is 10.1 Å². The predicted octanol–water partition coefficient (Wildman–Crippen LogP) is 1.29. The van der Waals surface area contributed by atoms with Gasteiger partial charge >= 0.3 is 0 Å². The molecular weight excluding hydrogens is 222 g/mol. The average Bonchev–Trinajstić information content (AvgIpc) is 1.57. The summed E-state index contributed by atoms with van der Waals surface area (Å²) in [6.45, 7) is 0. The Morgan fingerprint density at radius 3 is 1.80 bits per heavy atom. The highest BCUT2D eigenvalue weighted by atomic mass is 35.6. The van der Waals surface area contributed by atoms with Crippen molar-refractivity contribution >= 4 is 44.9 Å². The van der Waals surface area contributed by atoms with Crippen molar-refractivity contribution in [3.05, 3.63) is 0 Å². The van der Waals surface area contributed by atoms with Crippen molar-refractivity contribution in [1.82, 2.24) is 0 Å². The number of alkyl halides is 3. The molecule has 0 saturated heterocycles. The first-order valence-corrected chi connectivity index (χ1v) is 4.92. The third kappa shape index (κ3) is 8.78. The molecule has 0 spiro atoms. The molecule has 0 bridgehead atoms. The molecule has 0 amide bonds. The summed E-state index contributed by atoms with van der Waals surface area (Å²) in [6.07, 6.45) is -0.274. The summed E-state index contributed by atoms with van der Waals surface area (Å²) < 4.78 is 28.2. The molecule has 3 nitrogen and oxygen atoms in total. The fourth-order valence-corrected chi connectivity index (χ4v) is 1.42. The van der Waals surface area contributed by atoms with E-state index in [1.165, 1.54) is 0 Å². The van der Waals surface area contributed by atoms with Crippen LogP contribution in [0, 0.1) is 0 Å². The number of hydrogen-bond donors (Lipinski definition) is 0. The maximum atomic E-state index is 9.95. The molecule has 0 atom stereocenters.